The van der Waals surface area contributed by atoms with Crippen molar-refractivity contribution in [1.82, 2.24) is 4.90 Å². The number of esters is 1. The van der Waals surface area contributed by atoms with Crippen LogP contribution in [0.5, 0.6) is 0 Å². The van der Waals surface area contributed by atoms with Gasteiger partial charge < -0.3 is 58.9 Å². The lowest BCUT2D eigenvalue weighted by molar-refractivity contribution is -0.318. The van der Waals surface area contributed by atoms with Gasteiger partial charge >= 0.3 is 5.97 Å². The Kier molecular flexibility index (Phi) is 16.1. The Hall–Kier alpha value is -1.30. The molecule has 54 heavy (non-hydrogen) atoms. The van der Waals surface area contributed by atoms with Gasteiger partial charge in [-0.2, -0.15) is 0 Å². The van der Waals surface area contributed by atoms with Crippen LogP contribution in [0.15, 0.2) is 0 Å². The number of methoxy groups -OCH3 is 1. The lowest BCUT2D eigenvalue weighted by Crippen LogP contribution is -2.61. The first-order valence-corrected chi connectivity index (χ1v) is 19.9. The molecule has 0 spiro atoms. The third-order valence-electron chi connectivity index (χ3n) is 12.4. The van der Waals surface area contributed by atoms with E-state index in [1.807, 2.05) is 14.0 Å². The van der Waals surface area contributed by atoms with Gasteiger partial charge in [-0.15, -0.1) is 0 Å². The average Bonchev–Trinajstić information content (AvgIpc) is 3.08. The number of carbonyl (C=O) groups excluding carboxylic acids is 2. The summed E-state index contributed by atoms with van der Waals surface area (Å²) in [6, 6.07) is -0.322. The number of ether oxygens (including phenoxy) is 6. The number of Topliss-reactive ketones (excluding diaryl/α,β-unsaturated/α-hetero) is 1. The fourth-order valence-corrected chi connectivity index (χ4v) is 9.05. The van der Waals surface area contributed by atoms with Crippen molar-refractivity contribution in [3.8, 4) is 0 Å². The van der Waals surface area contributed by atoms with Crippen LogP contribution in [0, 0.1) is 29.6 Å². The van der Waals surface area contributed by atoms with Crippen LogP contribution >= 0.6 is 0 Å². The Morgan fingerprint density at radius 1 is 0.907 bits per heavy atom. The molecule has 14 nitrogen and oxygen atoms in total. The van der Waals surface area contributed by atoms with Gasteiger partial charge in [0.05, 0.1) is 47.6 Å². The number of rotatable bonds is 9. The Labute approximate surface area is 323 Å². The third kappa shape index (κ3) is 10.4. The zero-order chi connectivity index (χ0) is 41.2. The van der Waals surface area contributed by atoms with Gasteiger partial charge in [-0.25, -0.2) is 0 Å². The van der Waals surface area contributed by atoms with Gasteiger partial charge in [-0.1, -0.05) is 41.5 Å². The molecule has 0 bridgehead atoms. The normalized spacial score (nSPS) is 47.8. The third-order valence-corrected chi connectivity index (χ3v) is 12.4. The van der Waals surface area contributed by atoms with Crippen molar-refractivity contribution >= 4 is 11.8 Å². The summed E-state index contributed by atoms with van der Waals surface area (Å²) in [6.45, 7) is 21.3. The molecule has 0 amide bonds. The summed E-state index contributed by atoms with van der Waals surface area (Å²) in [7, 11) is 3.43. The Morgan fingerprint density at radius 2 is 1.52 bits per heavy atom. The van der Waals surface area contributed by atoms with Crippen molar-refractivity contribution in [3.05, 3.63) is 0 Å². The van der Waals surface area contributed by atoms with E-state index < -0.39 is 108 Å². The van der Waals surface area contributed by atoms with Crippen molar-refractivity contribution in [2.75, 3.05) is 20.7 Å². The molecule has 0 aliphatic carbocycles. The lowest BCUT2D eigenvalue weighted by atomic mass is 9.74. The fraction of sp³-hybridized carbons (Fsp3) is 0.950. The van der Waals surface area contributed by atoms with E-state index in [1.165, 1.54) is 27.9 Å². The number of carbonyl (C=O) groups is 2. The van der Waals surface area contributed by atoms with Crippen molar-refractivity contribution in [2.24, 2.45) is 29.6 Å². The number of ketones is 1. The lowest BCUT2D eigenvalue weighted by Gasteiger charge is -2.49. The van der Waals surface area contributed by atoms with E-state index in [-0.39, 0.29) is 31.4 Å². The number of aliphatic hydroxyl groups is 5. The summed E-state index contributed by atoms with van der Waals surface area (Å²) in [4.78, 5) is 30.1. The van der Waals surface area contributed by atoms with Gasteiger partial charge in [0.25, 0.3) is 0 Å². The molecule has 0 aromatic rings. The van der Waals surface area contributed by atoms with E-state index in [0.29, 0.717) is 12.3 Å². The predicted octanol–water partition coefficient (Wildman–Crippen LogP) is 2.81. The van der Waals surface area contributed by atoms with Crippen LogP contribution in [-0.2, 0) is 38.0 Å². The number of nitrogens with zero attached hydrogens (tertiary/aromatic N) is 1. The molecule has 316 valence electrons. The van der Waals surface area contributed by atoms with E-state index >= 15 is 0 Å². The van der Waals surface area contributed by atoms with Gasteiger partial charge in [-0.05, 0) is 73.8 Å². The molecule has 14 heteroatoms. The minimum atomic E-state index is -2.00. The standard InChI is InChI=1S/C40H73NO13/c1-15-28-40(12,48)33(44)23(6)30(42)21(4)17-38(10,47)35(54-37-31(43)27(16-22(5)50-37)41(13)19-20(2)3)24(7)32(25(8)36(46)52-28)53-29-18-39(11,49-14)34(45)26(9)51-29/h20-29,31-35,37,43-45,47-48H,15-19H2,1-14H3/t21-,22-,23+,24+,25-,26+,27+,28-,29+,31-,32+,33-,34+,35-,37+,38-,39-,40-/m1/s1. The quantitative estimate of drug-likeness (QED) is 0.215. The minimum absolute atomic E-state index is 0.0929. The van der Waals surface area contributed by atoms with Crippen LogP contribution in [-0.4, -0.2) is 147 Å². The van der Waals surface area contributed by atoms with E-state index in [2.05, 4.69) is 18.7 Å². The molecule has 0 saturated carbocycles. The highest BCUT2D eigenvalue weighted by Crippen LogP contribution is 2.41. The topological polar surface area (TPSA) is 194 Å². The molecule has 0 aromatic heterocycles. The van der Waals surface area contributed by atoms with Crippen molar-refractivity contribution in [2.45, 2.75) is 193 Å². The molecule has 0 aromatic carbocycles. The molecule has 0 unspecified atom stereocenters. The average molecular weight is 776 g/mol. The second-order valence-corrected chi connectivity index (χ2v) is 17.8. The summed E-state index contributed by atoms with van der Waals surface area (Å²) < 4.78 is 37.4. The molecule has 5 N–H and O–H groups in total. The maximum Gasteiger partial charge on any atom is 0.311 e. The number of cyclic esters (lactones) is 1. The smallest absolute Gasteiger partial charge is 0.311 e. The first kappa shape index (κ1) is 47.1. The zero-order valence-electron chi connectivity index (χ0n) is 35.2. The van der Waals surface area contributed by atoms with Crippen molar-refractivity contribution in [1.29, 1.82) is 0 Å². The van der Waals surface area contributed by atoms with Gasteiger partial charge in [0.1, 0.15) is 29.7 Å². The highest BCUT2D eigenvalue weighted by atomic mass is 16.7. The first-order valence-electron chi connectivity index (χ1n) is 19.9. The summed E-state index contributed by atoms with van der Waals surface area (Å²) >= 11 is 0. The second-order valence-electron chi connectivity index (χ2n) is 17.8. The summed E-state index contributed by atoms with van der Waals surface area (Å²) in [5.74, 6) is -4.65. The van der Waals surface area contributed by atoms with Crippen molar-refractivity contribution in [3.63, 3.8) is 0 Å². The highest BCUT2D eigenvalue weighted by molar-refractivity contribution is 5.83. The monoisotopic (exact) mass is 776 g/mol. The van der Waals surface area contributed by atoms with Crippen LogP contribution in [0.1, 0.15) is 109 Å². The number of likely N-dealkylation sites (N-methyl/N-ethyl adjacent to an activating group) is 1. The largest absolute Gasteiger partial charge is 0.459 e. The van der Waals surface area contributed by atoms with Crippen LogP contribution in [0.3, 0.4) is 0 Å². The Morgan fingerprint density at radius 3 is 2.07 bits per heavy atom. The number of aliphatic hydroxyl groups excluding tert-OH is 3. The van der Waals surface area contributed by atoms with Gasteiger partial charge in [-0.3, -0.25) is 9.59 Å². The molecular weight excluding hydrogens is 702 g/mol. The van der Waals surface area contributed by atoms with Crippen LogP contribution < -0.4 is 0 Å². The summed E-state index contributed by atoms with van der Waals surface area (Å²) in [5.41, 5.74) is -4.86. The van der Waals surface area contributed by atoms with Crippen molar-refractivity contribution < 1.29 is 63.5 Å². The van der Waals surface area contributed by atoms with E-state index in [4.69, 9.17) is 28.4 Å². The Balaban J connectivity index is 2.18. The molecule has 18 atom stereocenters. The van der Waals surface area contributed by atoms with Gasteiger partial charge in [0, 0.05) is 43.9 Å². The van der Waals surface area contributed by atoms with Gasteiger partial charge in [0.2, 0.25) is 0 Å². The number of hydrogen-bond acceptors (Lipinski definition) is 14. The predicted molar refractivity (Wildman–Crippen MR) is 200 cm³/mol. The highest BCUT2D eigenvalue weighted by Gasteiger charge is 2.53. The van der Waals surface area contributed by atoms with Crippen LogP contribution in [0.25, 0.3) is 0 Å². The molecule has 3 saturated heterocycles. The summed E-state index contributed by atoms with van der Waals surface area (Å²) in [5, 5.41) is 58.2. The SMILES string of the molecule is CC[C@H]1OC(=O)[C@H](C)[C@@H](O[C@H]2C[C@@](C)(OC)[C@@H](O)[C@H](C)O2)[C@H](C)[C@@H](O[C@@H]2O[C@H](C)C[C@H](N(C)CC(C)C)[C@H]2O)[C@](C)(O)C[C@@H](C)C(=O)[C@H](C)[C@@H](O)[C@]1(C)O. The second kappa shape index (κ2) is 18.5. The molecule has 3 heterocycles. The molecule has 3 fully saturated rings. The first-order chi connectivity index (χ1) is 24.8. The molecule has 3 rings (SSSR count). The molecule has 3 aliphatic rings. The Bertz CT molecular complexity index is 1230. The maximum atomic E-state index is 14.2. The van der Waals surface area contributed by atoms with Gasteiger partial charge in [0.15, 0.2) is 12.6 Å². The maximum absolute atomic E-state index is 14.2. The van der Waals surface area contributed by atoms with Crippen LogP contribution in [0.4, 0.5) is 0 Å². The van der Waals surface area contributed by atoms with E-state index in [9.17, 15) is 35.1 Å². The fourth-order valence-electron chi connectivity index (χ4n) is 9.05. The van der Waals surface area contributed by atoms with E-state index in [1.54, 1.807) is 41.5 Å². The van der Waals surface area contributed by atoms with Crippen LogP contribution in [0.2, 0.25) is 0 Å². The molecular formula is C40H73NO13. The zero-order valence-corrected chi connectivity index (χ0v) is 35.2. The minimum Gasteiger partial charge on any atom is -0.459 e. The number of hydrogen-bond donors (Lipinski definition) is 5. The molecule has 3 aliphatic heterocycles. The molecule has 0 radical (unpaired) electrons. The summed E-state index contributed by atoms with van der Waals surface area (Å²) in [6.07, 6.45) is -9.75. The van der Waals surface area contributed by atoms with E-state index in [0.717, 1.165) is 6.54 Å².